The van der Waals surface area contributed by atoms with Crippen LogP contribution in [0.3, 0.4) is 0 Å². The van der Waals surface area contributed by atoms with Crippen molar-refractivity contribution in [3.05, 3.63) is 0 Å². The topological polar surface area (TPSA) is 142 Å². The molecule has 0 aliphatic rings. The summed E-state index contributed by atoms with van der Waals surface area (Å²) in [5.74, 6) is -0.991. The molecule has 0 aromatic carbocycles. The van der Waals surface area contributed by atoms with Crippen LogP contribution in [-0.2, 0) is 14.2 Å². The Morgan fingerprint density at radius 1 is 1.33 bits per heavy atom. The molecule has 0 rings (SSSR count). The summed E-state index contributed by atoms with van der Waals surface area (Å²) in [6.07, 6.45) is -0.391. The first-order chi connectivity index (χ1) is 8.15. The summed E-state index contributed by atoms with van der Waals surface area (Å²) >= 11 is 0. The van der Waals surface area contributed by atoms with Crippen LogP contribution < -0.4 is 16.4 Å². The van der Waals surface area contributed by atoms with Gasteiger partial charge in [0.25, 0.3) is 0 Å². The molecular weight excluding hydrogens is 261 g/mol. The van der Waals surface area contributed by atoms with E-state index in [0.717, 1.165) is 0 Å². The predicted molar refractivity (Wildman–Crippen MR) is 65.5 cm³/mol. The van der Waals surface area contributed by atoms with E-state index in [0.29, 0.717) is 6.42 Å². The molecule has 0 aromatic heterocycles. The van der Waals surface area contributed by atoms with Gasteiger partial charge in [0.2, 0.25) is 11.8 Å². The summed E-state index contributed by atoms with van der Waals surface area (Å²) < 4.78 is 10.6. The maximum atomic E-state index is 11.7. The van der Waals surface area contributed by atoms with E-state index in [1.54, 1.807) is 0 Å². The largest absolute Gasteiger partial charge is 0.344 e. The molecule has 6 N–H and O–H groups in total. The molecule has 9 heteroatoms. The summed E-state index contributed by atoms with van der Waals surface area (Å²) in [4.78, 5) is 40.1. The van der Waals surface area contributed by atoms with Gasteiger partial charge in [-0.15, -0.1) is 0 Å². The lowest BCUT2D eigenvalue weighted by Gasteiger charge is -2.20. The molecule has 8 nitrogen and oxygen atoms in total. The van der Waals surface area contributed by atoms with Crippen LogP contribution in [0.5, 0.6) is 0 Å². The van der Waals surface area contributed by atoms with Crippen molar-refractivity contribution in [1.29, 1.82) is 0 Å². The molecule has 0 saturated heterocycles. The third-order valence-electron chi connectivity index (χ3n) is 2.00. The SMILES string of the molecule is CC(C)C[C@H](NC(=O)CN)C(=O)NCP(=O)(O)O. The summed E-state index contributed by atoms with van der Waals surface area (Å²) in [6.45, 7) is 3.47. The van der Waals surface area contributed by atoms with Gasteiger partial charge in [-0.3, -0.25) is 14.2 Å². The third-order valence-corrected chi connectivity index (χ3v) is 2.57. The van der Waals surface area contributed by atoms with Gasteiger partial charge in [-0.25, -0.2) is 0 Å². The maximum Gasteiger partial charge on any atom is 0.344 e. The number of carbonyl (C=O) groups excluding carboxylic acids is 2. The second kappa shape index (κ2) is 7.48. The van der Waals surface area contributed by atoms with Crippen molar-refractivity contribution in [1.82, 2.24) is 10.6 Å². The second-order valence-electron chi connectivity index (χ2n) is 4.32. The Balaban J connectivity index is 4.49. The Morgan fingerprint density at radius 2 is 1.89 bits per heavy atom. The van der Waals surface area contributed by atoms with Gasteiger partial charge in [0.15, 0.2) is 0 Å². The zero-order valence-electron chi connectivity index (χ0n) is 10.4. The molecule has 1 atom stereocenters. The number of carbonyl (C=O) groups is 2. The molecule has 0 spiro atoms. The van der Waals surface area contributed by atoms with Gasteiger partial charge in [0.05, 0.1) is 6.54 Å². The first-order valence-electron chi connectivity index (χ1n) is 5.47. The van der Waals surface area contributed by atoms with E-state index >= 15 is 0 Å². The minimum Gasteiger partial charge on any atom is -0.343 e. The lowest BCUT2D eigenvalue weighted by atomic mass is 10.0. The van der Waals surface area contributed by atoms with E-state index in [2.05, 4.69) is 10.6 Å². The van der Waals surface area contributed by atoms with Gasteiger partial charge >= 0.3 is 7.60 Å². The van der Waals surface area contributed by atoms with Crippen LogP contribution in [0, 0.1) is 5.92 Å². The first-order valence-corrected chi connectivity index (χ1v) is 7.27. The normalized spacial score (nSPS) is 13.2. The van der Waals surface area contributed by atoms with Crippen molar-refractivity contribution >= 4 is 19.4 Å². The fourth-order valence-corrected chi connectivity index (χ4v) is 1.62. The molecule has 0 aromatic rings. The Labute approximate surface area is 105 Å². The highest BCUT2D eigenvalue weighted by Crippen LogP contribution is 2.31. The van der Waals surface area contributed by atoms with Gasteiger partial charge in [-0.1, -0.05) is 13.8 Å². The number of hydrogen-bond acceptors (Lipinski definition) is 4. The zero-order chi connectivity index (χ0) is 14.3. The number of hydrogen-bond donors (Lipinski definition) is 5. The minimum absolute atomic E-state index is 0.133. The van der Waals surface area contributed by atoms with E-state index in [9.17, 15) is 14.2 Å². The fraction of sp³-hybridized carbons (Fsp3) is 0.778. The van der Waals surface area contributed by atoms with Gasteiger partial charge < -0.3 is 26.2 Å². The monoisotopic (exact) mass is 281 g/mol. The van der Waals surface area contributed by atoms with Crippen molar-refractivity contribution in [2.45, 2.75) is 26.3 Å². The molecule has 0 unspecified atom stereocenters. The van der Waals surface area contributed by atoms with E-state index in [-0.39, 0.29) is 12.5 Å². The Bertz CT molecular complexity index is 341. The average Bonchev–Trinajstić information content (AvgIpc) is 2.23. The predicted octanol–water partition coefficient (Wildman–Crippen LogP) is -1.27. The van der Waals surface area contributed by atoms with Gasteiger partial charge in [-0.05, 0) is 12.3 Å². The average molecular weight is 281 g/mol. The van der Waals surface area contributed by atoms with Gasteiger partial charge in [-0.2, -0.15) is 0 Å². The van der Waals surface area contributed by atoms with Gasteiger partial charge in [0.1, 0.15) is 12.3 Å². The van der Waals surface area contributed by atoms with Crippen molar-refractivity contribution < 1.29 is 23.9 Å². The van der Waals surface area contributed by atoms with Crippen molar-refractivity contribution in [2.24, 2.45) is 11.7 Å². The van der Waals surface area contributed by atoms with E-state index in [1.165, 1.54) is 0 Å². The Kier molecular flexibility index (Phi) is 7.08. The molecule has 0 bridgehead atoms. The number of nitrogens with one attached hydrogen (secondary N) is 2. The van der Waals surface area contributed by atoms with E-state index < -0.39 is 31.7 Å². The van der Waals surface area contributed by atoms with E-state index in [1.807, 2.05) is 13.8 Å². The van der Waals surface area contributed by atoms with Crippen LogP contribution in [0.2, 0.25) is 0 Å². The summed E-state index contributed by atoms with van der Waals surface area (Å²) in [5.41, 5.74) is 5.13. The Morgan fingerprint density at radius 3 is 2.28 bits per heavy atom. The summed E-state index contributed by atoms with van der Waals surface area (Å²) in [6, 6.07) is -0.840. The molecule has 2 amide bonds. The molecule has 106 valence electrons. The van der Waals surface area contributed by atoms with Gasteiger partial charge in [0, 0.05) is 0 Å². The lowest BCUT2D eigenvalue weighted by molar-refractivity contribution is -0.128. The van der Waals surface area contributed by atoms with E-state index in [4.69, 9.17) is 15.5 Å². The molecule has 0 radical (unpaired) electrons. The molecule has 0 fully saturated rings. The van der Waals surface area contributed by atoms with Crippen molar-refractivity contribution in [3.8, 4) is 0 Å². The highest BCUT2D eigenvalue weighted by Gasteiger charge is 2.23. The fourth-order valence-electron chi connectivity index (χ4n) is 1.26. The van der Waals surface area contributed by atoms with Crippen LogP contribution in [0.1, 0.15) is 20.3 Å². The third kappa shape index (κ3) is 8.19. The van der Waals surface area contributed by atoms with Crippen LogP contribution in [0.4, 0.5) is 0 Å². The Hall–Kier alpha value is -0.950. The standard InChI is InChI=1S/C9H20N3O5P/c1-6(2)3-7(12-8(13)4-10)9(14)11-5-18(15,16)17/h6-7H,3-5,10H2,1-2H3,(H,11,14)(H,12,13)(H2,15,16,17)/t7-/m0/s1. The van der Waals surface area contributed by atoms with Crippen LogP contribution in [-0.4, -0.2) is 40.5 Å². The first kappa shape index (κ1) is 17.1. The van der Waals surface area contributed by atoms with Crippen LogP contribution in [0.25, 0.3) is 0 Å². The summed E-state index contributed by atoms with van der Waals surface area (Å²) in [5, 5.41) is 4.51. The molecular formula is C9H20N3O5P. The highest BCUT2D eigenvalue weighted by atomic mass is 31.2. The number of rotatable bonds is 7. The second-order valence-corrected chi connectivity index (χ2v) is 5.96. The summed E-state index contributed by atoms with van der Waals surface area (Å²) in [7, 11) is -4.30. The van der Waals surface area contributed by atoms with Crippen LogP contribution in [0.15, 0.2) is 0 Å². The van der Waals surface area contributed by atoms with Crippen LogP contribution >= 0.6 is 7.60 Å². The highest BCUT2D eigenvalue weighted by molar-refractivity contribution is 7.51. The zero-order valence-corrected chi connectivity index (χ0v) is 11.3. The molecule has 0 aliphatic heterocycles. The van der Waals surface area contributed by atoms with Crippen molar-refractivity contribution in [3.63, 3.8) is 0 Å². The quantitative estimate of drug-likeness (QED) is 0.368. The molecule has 18 heavy (non-hydrogen) atoms. The number of amides is 2. The molecule has 0 saturated carbocycles. The maximum absolute atomic E-state index is 11.7. The molecule has 0 heterocycles. The minimum atomic E-state index is -4.30. The lowest BCUT2D eigenvalue weighted by Crippen LogP contribution is -2.49. The number of nitrogens with two attached hydrogens (primary N) is 1. The van der Waals surface area contributed by atoms with Crippen molar-refractivity contribution in [2.75, 3.05) is 12.8 Å². The molecule has 0 aliphatic carbocycles. The smallest absolute Gasteiger partial charge is 0.343 e.